The second kappa shape index (κ2) is 9.60. The van der Waals surface area contributed by atoms with Crippen LogP contribution in [0.15, 0.2) is 36.4 Å². The summed E-state index contributed by atoms with van der Waals surface area (Å²) in [4.78, 5) is 48.5. The van der Waals surface area contributed by atoms with Crippen LogP contribution >= 0.6 is 0 Å². The molecule has 1 aliphatic rings. The summed E-state index contributed by atoms with van der Waals surface area (Å²) in [7, 11) is 0. The second-order valence-corrected chi connectivity index (χ2v) is 8.14. The Labute approximate surface area is 190 Å². The highest BCUT2D eigenvalue weighted by Crippen LogP contribution is 2.37. The molecule has 174 valence electrons. The quantitative estimate of drug-likeness (QED) is 0.497. The molecule has 0 spiro atoms. The average molecular weight is 456 g/mol. The van der Waals surface area contributed by atoms with Gasteiger partial charge in [-0.15, -0.1) is 0 Å². The number of benzene rings is 2. The van der Waals surface area contributed by atoms with Gasteiger partial charge in [0.1, 0.15) is 5.60 Å². The summed E-state index contributed by atoms with van der Waals surface area (Å²) < 4.78 is 20.7. The maximum Gasteiger partial charge on any atom is 0.412 e. The van der Waals surface area contributed by atoms with Crippen molar-refractivity contribution in [1.29, 1.82) is 0 Å². The number of Topliss-reactive ketones (excluding diaryl/α,β-unsaturated/α-hetero) is 1. The number of ether oxygens (including phenoxy) is 4. The van der Waals surface area contributed by atoms with E-state index in [9.17, 15) is 19.2 Å². The first-order chi connectivity index (χ1) is 15.5. The molecule has 10 nitrogen and oxygen atoms in total. The number of hydrogen-bond acceptors (Lipinski definition) is 8. The van der Waals surface area contributed by atoms with Crippen LogP contribution in [0.25, 0.3) is 0 Å². The fourth-order valence-corrected chi connectivity index (χ4v) is 2.88. The van der Waals surface area contributed by atoms with Crippen LogP contribution in [0.1, 0.15) is 48.4 Å². The smallest absolute Gasteiger partial charge is 0.412 e. The van der Waals surface area contributed by atoms with Crippen molar-refractivity contribution in [2.24, 2.45) is 0 Å². The van der Waals surface area contributed by atoms with Gasteiger partial charge in [0.2, 0.25) is 6.79 Å². The molecule has 3 rings (SSSR count). The van der Waals surface area contributed by atoms with Gasteiger partial charge in [-0.3, -0.25) is 14.9 Å². The Bertz CT molecular complexity index is 1100. The second-order valence-electron chi connectivity index (χ2n) is 8.14. The zero-order chi connectivity index (χ0) is 24.2. The highest BCUT2D eigenvalue weighted by atomic mass is 16.7. The highest BCUT2D eigenvalue weighted by molar-refractivity contribution is 6.05. The van der Waals surface area contributed by atoms with E-state index < -0.39 is 30.2 Å². The van der Waals surface area contributed by atoms with Crippen molar-refractivity contribution in [3.05, 3.63) is 47.5 Å². The van der Waals surface area contributed by atoms with Crippen LogP contribution < -0.4 is 20.1 Å². The normalized spacial score (nSPS) is 12.0. The van der Waals surface area contributed by atoms with Gasteiger partial charge in [-0.25, -0.2) is 9.59 Å². The molecule has 1 aliphatic heterocycles. The summed E-state index contributed by atoms with van der Waals surface area (Å²) in [5.74, 6) is -0.899. The summed E-state index contributed by atoms with van der Waals surface area (Å²) in [6.07, 6.45) is -0.669. The lowest BCUT2D eigenvalue weighted by Crippen LogP contribution is -2.27. The van der Waals surface area contributed by atoms with Crippen LogP contribution in [0.4, 0.5) is 16.2 Å². The van der Waals surface area contributed by atoms with Gasteiger partial charge in [-0.05, 0) is 52.0 Å². The molecule has 0 bridgehead atoms. The standard InChI is InChI=1S/C23H24N2O8/c1-13(26)16-9-18-19(32-12-31-18)10-17(16)25-20(27)11-30-21(28)14-6-5-7-15(8-14)24-22(29)33-23(2,3)4/h5-10H,11-12H2,1-4H3,(H,24,29)(H,25,27). The minimum Gasteiger partial charge on any atom is -0.454 e. The maximum atomic E-state index is 12.4. The van der Waals surface area contributed by atoms with Crippen molar-refractivity contribution in [2.75, 3.05) is 24.0 Å². The molecule has 0 saturated heterocycles. The minimum atomic E-state index is -0.768. The maximum absolute atomic E-state index is 12.4. The average Bonchev–Trinajstić information content (AvgIpc) is 3.17. The number of anilines is 2. The van der Waals surface area contributed by atoms with Crippen LogP contribution in [0, 0.1) is 0 Å². The van der Waals surface area contributed by atoms with Gasteiger partial charge in [0, 0.05) is 17.3 Å². The molecule has 0 unspecified atom stereocenters. The molecule has 1 heterocycles. The molecule has 10 heteroatoms. The van der Waals surface area contributed by atoms with E-state index >= 15 is 0 Å². The SMILES string of the molecule is CC(=O)c1cc2c(cc1NC(=O)COC(=O)c1cccc(NC(=O)OC(C)(C)C)c1)OCO2. The molecule has 0 aliphatic carbocycles. The number of rotatable bonds is 6. The van der Waals surface area contributed by atoms with Gasteiger partial charge < -0.3 is 24.3 Å². The zero-order valence-corrected chi connectivity index (χ0v) is 18.6. The molecule has 0 atom stereocenters. The number of fused-ring (bicyclic) bond motifs is 1. The molecule has 0 fully saturated rings. The fraction of sp³-hybridized carbons (Fsp3) is 0.304. The molecule has 2 aromatic rings. The molecular formula is C23H24N2O8. The molecule has 2 aromatic carbocycles. The molecule has 33 heavy (non-hydrogen) atoms. The number of esters is 1. The Morgan fingerprint density at radius 2 is 1.70 bits per heavy atom. The Hall–Kier alpha value is -4.08. The third-order valence-electron chi connectivity index (χ3n) is 4.24. The third kappa shape index (κ3) is 6.45. The number of hydrogen-bond donors (Lipinski definition) is 2. The van der Waals surface area contributed by atoms with E-state index in [1.165, 1.54) is 31.2 Å². The van der Waals surface area contributed by atoms with Crippen molar-refractivity contribution in [1.82, 2.24) is 0 Å². The van der Waals surface area contributed by atoms with E-state index in [-0.39, 0.29) is 29.4 Å². The van der Waals surface area contributed by atoms with E-state index in [1.807, 2.05) is 0 Å². The molecule has 0 aromatic heterocycles. The van der Waals surface area contributed by atoms with Crippen LogP contribution in [-0.2, 0) is 14.3 Å². The summed E-state index contributed by atoms with van der Waals surface area (Å²) in [6, 6.07) is 8.97. The van der Waals surface area contributed by atoms with E-state index in [4.69, 9.17) is 18.9 Å². The van der Waals surface area contributed by atoms with E-state index in [0.29, 0.717) is 17.2 Å². The first kappa shape index (κ1) is 23.6. The fourth-order valence-electron chi connectivity index (χ4n) is 2.88. The van der Waals surface area contributed by atoms with Gasteiger partial charge in [-0.2, -0.15) is 0 Å². The van der Waals surface area contributed by atoms with Crippen LogP contribution in [-0.4, -0.2) is 42.8 Å². The number of amides is 2. The van der Waals surface area contributed by atoms with Crippen molar-refractivity contribution < 1.29 is 38.1 Å². The highest BCUT2D eigenvalue weighted by Gasteiger charge is 2.21. The first-order valence-corrected chi connectivity index (χ1v) is 10.0. The van der Waals surface area contributed by atoms with Crippen molar-refractivity contribution >= 4 is 35.1 Å². The monoisotopic (exact) mass is 456 g/mol. The first-order valence-electron chi connectivity index (χ1n) is 10.0. The minimum absolute atomic E-state index is 0.0174. The summed E-state index contributed by atoms with van der Waals surface area (Å²) in [5.41, 5.74) is 0.239. The lowest BCUT2D eigenvalue weighted by atomic mass is 10.1. The zero-order valence-electron chi connectivity index (χ0n) is 18.6. The lowest BCUT2D eigenvalue weighted by Gasteiger charge is -2.19. The number of carbonyl (C=O) groups is 4. The van der Waals surface area contributed by atoms with Crippen molar-refractivity contribution in [3.63, 3.8) is 0 Å². The van der Waals surface area contributed by atoms with Gasteiger partial charge in [0.25, 0.3) is 5.91 Å². The predicted octanol–water partition coefficient (Wildman–Crippen LogP) is 3.76. The van der Waals surface area contributed by atoms with E-state index in [0.717, 1.165) is 0 Å². The molecular weight excluding hydrogens is 432 g/mol. The Kier molecular flexibility index (Phi) is 6.86. The largest absolute Gasteiger partial charge is 0.454 e. The summed E-state index contributed by atoms with van der Waals surface area (Å²) in [5, 5.41) is 5.07. The number of nitrogens with one attached hydrogen (secondary N) is 2. The van der Waals surface area contributed by atoms with Gasteiger partial charge in [-0.1, -0.05) is 6.07 Å². The summed E-state index contributed by atoms with van der Waals surface area (Å²) in [6.45, 7) is 5.97. The van der Waals surface area contributed by atoms with Crippen LogP contribution in [0.2, 0.25) is 0 Å². The molecule has 0 saturated carbocycles. The van der Waals surface area contributed by atoms with Crippen molar-refractivity contribution in [2.45, 2.75) is 33.3 Å². The molecule has 2 amide bonds. The number of carbonyl (C=O) groups excluding carboxylic acids is 4. The number of ketones is 1. The van der Waals surface area contributed by atoms with Gasteiger partial charge in [0.15, 0.2) is 23.9 Å². The van der Waals surface area contributed by atoms with E-state index in [1.54, 1.807) is 32.9 Å². The van der Waals surface area contributed by atoms with E-state index in [2.05, 4.69) is 10.6 Å². The summed E-state index contributed by atoms with van der Waals surface area (Å²) >= 11 is 0. The van der Waals surface area contributed by atoms with Crippen molar-refractivity contribution in [3.8, 4) is 11.5 Å². The van der Waals surface area contributed by atoms with Gasteiger partial charge >= 0.3 is 12.1 Å². The van der Waals surface area contributed by atoms with Gasteiger partial charge in [0.05, 0.1) is 11.3 Å². The topological polar surface area (TPSA) is 129 Å². The molecule has 2 N–H and O–H groups in total. The predicted molar refractivity (Wildman–Crippen MR) is 118 cm³/mol. The van der Waals surface area contributed by atoms with Crippen LogP contribution in [0.5, 0.6) is 11.5 Å². The molecule has 0 radical (unpaired) electrons. The Morgan fingerprint density at radius 3 is 2.36 bits per heavy atom. The third-order valence-corrected chi connectivity index (χ3v) is 4.24. The Morgan fingerprint density at radius 1 is 1.00 bits per heavy atom. The lowest BCUT2D eigenvalue weighted by molar-refractivity contribution is -0.119. The Balaban J connectivity index is 1.60. The van der Waals surface area contributed by atoms with Crippen LogP contribution in [0.3, 0.4) is 0 Å².